The number of carbonyl (C=O) groups excluding carboxylic acids is 2. The number of piperidine rings is 1. The van der Waals surface area contributed by atoms with E-state index in [1.54, 1.807) is 0 Å². The van der Waals surface area contributed by atoms with Crippen molar-refractivity contribution in [2.75, 3.05) is 6.54 Å². The lowest BCUT2D eigenvalue weighted by Crippen LogP contribution is -2.53. The summed E-state index contributed by atoms with van der Waals surface area (Å²) in [7, 11) is 0. The largest absolute Gasteiger partial charge is 0.353 e. The maximum atomic E-state index is 12.5. The van der Waals surface area contributed by atoms with Crippen LogP contribution in [0.15, 0.2) is 0 Å². The molecule has 3 fully saturated rings. The summed E-state index contributed by atoms with van der Waals surface area (Å²) in [5.41, 5.74) is 0. The van der Waals surface area contributed by atoms with Crippen molar-refractivity contribution in [3.05, 3.63) is 0 Å². The third-order valence-electron chi connectivity index (χ3n) is 6.26. The molecule has 1 heterocycles. The van der Waals surface area contributed by atoms with Crippen molar-refractivity contribution in [1.82, 2.24) is 16.0 Å². The van der Waals surface area contributed by atoms with Gasteiger partial charge in [-0.15, -0.1) is 0 Å². The molecule has 0 bridgehead atoms. The molecule has 5 nitrogen and oxygen atoms in total. The minimum Gasteiger partial charge on any atom is -0.353 e. The zero-order valence-corrected chi connectivity index (χ0v) is 15.0. The zero-order chi connectivity index (χ0) is 16.9. The van der Waals surface area contributed by atoms with Gasteiger partial charge in [0.15, 0.2) is 0 Å². The van der Waals surface area contributed by atoms with Crippen LogP contribution in [0.4, 0.5) is 0 Å². The molecule has 1 aliphatic heterocycles. The van der Waals surface area contributed by atoms with E-state index in [1.165, 1.54) is 12.8 Å². The Balaban J connectivity index is 1.39. The van der Waals surface area contributed by atoms with Crippen LogP contribution in [0.3, 0.4) is 0 Å². The summed E-state index contributed by atoms with van der Waals surface area (Å²) in [6.45, 7) is 3.21. The van der Waals surface area contributed by atoms with E-state index in [0.717, 1.165) is 57.9 Å². The van der Waals surface area contributed by atoms with Crippen molar-refractivity contribution in [1.29, 1.82) is 0 Å². The van der Waals surface area contributed by atoms with Crippen molar-refractivity contribution in [3.63, 3.8) is 0 Å². The second-order valence-corrected chi connectivity index (χ2v) is 8.04. The number of hydrogen-bond acceptors (Lipinski definition) is 3. The first-order valence-electron chi connectivity index (χ1n) is 9.97. The topological polar surface area (TPSA) is 70.2 Å². The Morgan fingerprint density at radius 3 is 2.08 bits per heavy atom. The molecule has 3 aliphatic rings. The van der Waals surface area contributed by atoms with Gasteiger partial charge in [-0.05, 0) is 64.8 Å². The molecule has 0 aromatic rings. The Morgan fingerprint density at radius 1 is 0.792 bits per heavy atom. The SMILES string of the molecule is CC1NCCCC1NC(=O)C1CCC(NC(=O)C2CCCC2)CC1. The zero-order valence-electron chi connectivity index (χ0n) is 15.0. The Kier molecular flexibility index (Phi) is 6.14. The van der Waals surface area contributed by atoms with Crippen molar-refractivity contribution in [2.45, 2.75) is 89.3 Å². The number of amides is 2. The third-order valence-corrected chi connectivity index (χ3v) is 6.26. The predicted molar refractivity (Wildman–Crippen MR) is 94.5 cm³/mol. The van der Waals surface area contributed by atoms with Gasteiger partial charge in [0.05, 0.1) is 0 Å². The van der Waals surface area contributed by atoms with E-state index >= 15 is 0 Å². The first-order valence-corrected chi connectivity index (χ1v) is 9.97. The Morgan fingerprint density at radius 2 is 1.42 bits per heavy atom. The van der Waals surface area contributed by atoms with Crippen molar-refractivity contribution < 1.29 is 9.59 Å². The molecular formula is C19H33N3O2. The fraction of sp³-hybridized carbons (Fsp3) is 0.895. The van der Waals surface area contributed by atoms with E-state index in [4.69, 9.17) is 0 Å². The van der Waals surface area contributed by atoms with Gasteiger partial charge in [0.25, 0.3) is 0 Å². The predicted octanol–water partition coefficient (Wildman–Crippen LogP) is 2.11. The molecule has 0 aromatic carbocycles. The molecule has 5 heteroatoms. The van der Waals surface area contributed by atoms with Gasteiger partial charge in [0, 0.05) is 30.0 Å². The number of rotatable bonds is 4. The Labute approximate surface area is 145 Å². The quantitative estimate of drug-likeness (QED) is 0.737. The summed E-state index contributed by atoms with van der Waals surface area (Å²) in [6.07, 6.45) is 10.4. The summed E-state index contributed by atoms with van der Waals surface area (Å²) in [5.74, 6) is 0.837. The van der Waals surface area contributed by atoms with Crippen LogP contribution in [0, 0.1) is 11.8 Å². The molecule has 0 radical (unpaired) electrons. The van der Waals surface area contributed by atoms with Crippen molar-refractivity contribution in [3.8, 4) is 0 Å². The molecule has 0 aromatic heterocycles. The van der Waals surface area contributed by atoms with E-state index in [2.05, 4.69) is 22.9 Å². The summed E-state index contributed by atoms with van der Waals surface area (Å²) in [6, 6.07) is 0.910. The van der Waals surface area contributed by atoms with E-state index in [1.807, 2.05) is 0 Å². The normalized spacial score (nSPS) is 34.7. The van der Waals surface area contributed by atoms with Gasteiger partial charge < -0.3 is 16.0 Å². The van der Waals surface area contributed by atoms with Crippen LogP contribution in [0.5, 0.6) is 0 Å². The maximum absolute atomic E-state index is 12.5. The number of carbonyl (C=O) groups is 2. The smallest absolute Gasteiger partial charge is 0.223 e. The first-order chi connectivity index (χ1) is 11.6. The lowest BCUT2D eigenvalue weighted by molar-refractivity contribution is -0.127. The molecular weight excluding hydrogens is 302 g/mol. The van der Waals surface area contributed by atoms with E-state index in [9.17, 15) is 9.59 Å². The van der Waals surface area contributed by atoms with Crippen LogP contribution in [0.25, 0.3) is 0 Å². The highest BCUT2D eigenvalue weighted by atomic mass is 16.2. The molecule has 2 saturated carbocycles. The fourth-order valence-electron chi connectivity index (χ4n) is 4.55. The van der Waals surface area contributed by atoms with E-state index in [0.29, 0.717) is 6.04 Å². The summed E-state index contributed by atoms with van der Waals surface area (Å²) in [5, 5.41) is 9.91. The molecule has 24 heavy (non-hydrogen) atoms. The lowest BCUT2D eigenvalue weighted by Gasteiger charge is -2.34. The van der Waals surface area contributed by atoms with Crippen LogP contribution < -0.4 is 16.0 Å². The Hall–Kier alpha value is -1.10. The second-order valence-electron chi connectivity index (χ2n) is 8.04. The minimum atomic E-state index is 0.124. The molecule has 1 saturated heterocycles. The van der Waals surface area contributed by atoms with Gasteiger partial charge >= 0.3 is 0 Å². The van der Waals surface area contributed by atoms with E-state index < -0.39 is 0 Å². The van der Waals surface area contributed by atoms with Gasteiger partial charge in [0.2, 0.25) is 11.8 Å². The van der Waals surface area contributed by atoms with Gasteiger partial charge in [-0.1, -0.05) is 12.8 Å². The van der Waals surface area contributed by atoms with Gasteiger partial charge in [0.1, 0.15) is 0 Å². The molecule has 136 valence electrons. The van der Waals surface area contributed by atoms with Gasteiger partial charge in [-0.3, -0.25) is 9.59 Å². The minimum absolute atomic E-state index is 0.124. The summed E-state index contributed by atoms with van der Waals surface area (Å²) >= 11 is 0. The highest BCUT2D eigenvalue weighted by molar-refractivity contribution is 5.80. The van der Waals surface area contributed by atoms with Crippen molar-refractivity contribution >= 4 is 11.8 Å². The van der Waals surface area contributed by atoms with Crippen LogP contribution in [-0.4, -0.2) is 36.5 Å². The lowest BCUT2D eigenvalue weighted by atomic mass is 9.84. The van der Waals surface area contributed by atoms with Crippen LogP contribution >= 0.6 is 0 Å². The summed E-state index contributed by atoms with van der Waals surface area (Å²) in [4.78, 5) is 24.8. The fourth-order valence-corrected chi connectivity index (χ4v) is 4.55. The highest BCUT2D eigenvalue weighted by Gasteiger charge is 2.31. The molecule has 2 unspecified atom stereocenters. The first kappa shape index (κ1) is 17.7. The monoisotopic (exact) mass is 335 g/mol. The molecule has 2 aliphatic carbocycles. The van der Waals surface area contributed by atoms with Gasteiger partial charge in [-0.2, -0.15) is 0 Å². The average Bonchev–Trinajstić information content (AvgIpc) is 3.12. The van der Waals surface area contributed by atoms with E-state index in [-0.39, 0.29) is 35.7 Å². The summed E-state index contributed by atoms with van der Waals surface area (Å²) < 4.78 is 0. The second kappa shape index (κ2) is 8.32. The maximum Gasteiger partial charge on any atom is 0.223 e. The molecule has 3 rings (SSSR count). The van der Waals surface area contributed by atoms with Crippen LogP contribution in [0.2, 0.25) is 0 Å². The van der Waals surface area contributed by atoms with Crippen molar-refractivity contribution in [2.24, 2.45) is 11.8 Å². The molecule has 0 spiro atoms. The third kappa shape index (κ3) is 4.50. The number of hydrogen-bond donors (Lipinski definition) is 3. The number of nitrogens with one attached hydrogen (secondary N) is 3. The molecule has 2 atom stereocenters. The van der Waals surface area contributed by atoms with Crippen LogP contribution in [-0.2, 0) is 9.59 Å². The Bertz CT molecular complexity index is 440. The molecule has 2 amide bonds. The average molecular weight is 335 g/mol. The van der Waals surface area contributed by atoms with Gasteiger partial charge in [-0.25, -0.2) is 0 Å². The highest BCUT2D eigenvalue weighted by Crippen LogP contribution is 2.28. The molecule has 3 N–H and O–H groups in total. The standard InChI is InChI=1S/C19H33N3O2/c1-13-17(7-4-12-20-13)22-19(24)15-8-10-16(11-9-15)21-18(23)14-5-2-3-6-14/h13-17,20H,2-12H2,1H3,(H,21,23)(H,22,24). The van der Waals surface area contributed by atoms with Crippen LogP contribution in [0.1, 0.15) is 71.1 Å².